The van der Waals surface area contributed by atoms with Gasteiger partial charge in [-0.15, -0.1) is 0 Å². The van der Waals surface area contributed by atoms with Gasteiger partial charge in [-0.3, -0.25) is 0 Å². The van der Waals surface area contributed by atoms with Gasteiger partial charge in [-0.25, -0.2) is 9.97 Å². The highest BCUT2D eigenvalue weighted by Gasteiger charge is 2.41. The molecule has 3 aromatic heterocycles. The first-order chi connectivity index (χ1) is 31.4. The van der Waals surface area contributed by atoms with Crippen LogP contribution in [0, 0.1) is 11.8 Å². The molecule has 8 bridgehead atoms. The van der Waals surface area contributed by atoms with Crippen molar-refractivity contribution in [1.29, 1.82) is 0 Å². The van der Waals surface area contributed by atoms with Gasteiger partial charge in [-0.1, -0.05) is 103 Å². The van der Waals surface area contributed by atoms with E-state index in [-0.39, 0.29) is 5.41 Å². The summed E-state index contributed by atoms with van der Waals surface area (Å²) in [7, 11) is 0. The summed E-state index contributed by atoms with van der Waals surface area (Å²) in [5, 5.41) is 1.13. The van der Waals surface area contributed by atoms with Crippen molar-refractivity contribution < 1.29 is 0 Å². The third kappa shape index (κ3) is 6.84. The smallest absolute Gasteiger partial charge is 0.0816 e. The van der Waals surface area contributed by atoms with E-state index in [1.54, 1.807) is 0 Å². The number of aromatic amines is 2. The Labute approximate surface area is 382 Å². The van der Waals surface area contributed by atoms with Gasteiger partial charge in [0.1, 0.15) is 0 Å². The topological polar surface area (TPSA) is 60.6 Å². The van der Waals surface area contributed by atoms with E-state index in [4.69, 9.17) is 33.2 Å². The number of aromatic nitrogens is 4. The molecule has 0 atom stereocenters. The van der Waals surface area contributed by atoms with Crippen LogP contribution in [-0.4, -0.2) is 19.9 Å². The van der Waals surface area contributed by atoms with Gasteiger partial charge in [0.25, 0.3) is 0 Å². The van der Waals surface area contributed by atoms with Crippen molar-refractivity contribution in [2.75, 3.05) is 4.90 Å². The highest BCUT2D eigenvalue weighted by Crippen LogP contribution is 2.54. The first-order valence-corrected chi connectivity index (χ1v) is 22.4. The quantitative estimate of drug-likeness (QED) is 0.164. The summed E-state index contributed by atoms with van der Waals surface area (Å²) < 4.78 is 0. The van der Waals surface area contributed by atoms with E-state index in [1.165, 1.54) is 22.3 Å². The van der Waals surface area contributed by atoms with Gasteiger partial charge in [0.05, 0.1) is 38.4 Å². The van der Waals surface area contributed by atoms with E-state index >= 15 is 0 Å². The zero-order chi connectivity index (χ0) is 43.4. The number of hydrogen-bond acceptors (Lipinski definition) is 3. The first kappa shape index (κ1) is 39.5. The van der Waals surface area contributed by atoms with Crippen molar-refractivity contribution in [2.45, 2.75) is 32.1 Å². The van der Waals surface area contributed by atoms with Crippen molar-refractivity contribution in [1.82, 2.24) is 19.9 Å². The number of para-hydroxylation sites is 2. The second-order valence-corrected chi connectivity index (χ2v) is 17.2. The lowest BCUT2D eigenvalue weighted by atomic mass is 9.73. The highest BCUT2D eigenvalue weighted by molar-refractivity contribution is 6.40. The molecule has 5 aromatic carbocycles. The third-order valence-electron chi connectivity index (χ3n) is 12.8. The maximum atomic E-state index is 6.81. The number of hydrogen-bond donors (Lipinski definition) is 2. The summed E-state index contributed by atoms with van der Waals surface area (Å²) in [6, 6.07) is 52.8. The van der Waals surface area contributed by atoms with Crippen molar-refractivity contribution >= 4 is 86.6 Å². The zero-order valence-corrected chi connectivity index (χ0v) is 36.8. The zero-order valence-electron chi connectivity index (χ0n) is 35.3. The van der Waals surface area contributed by atoms with E-state index in [2.05, 4.69) is 138 Å². The van der Waals surface area contributed by atoms with Gasteiger partial charge >= 0.3 is 0 Å². The van der Waals surface area contributed by atoms with Crippen LogP contribution in [-0.2, 0) is 5.41 Å². The molecule has 0 radical (unpaired) electrons. The largest absolute Gasteiger partial charge is 0.355 e. The number of halogens is 2. The molecule has 0 saturated heterocycles. The molecule has 0 unspecified atom stereocenters. The van der Waals surface area contributed by atoms with Gasteiger partial charge < -0.3 is 14.9 Å². The van der Waals surface area contributed by atoms with Crippen LogP contribution in [0.25, 0.3) is 68.6 Å². The molecule has 11 rings (SSSR count). The second-order valence-electron chi connectivity index (χ2n) is 16.3. The Bertz CT molecular complexity index is 3300. The van der Waals surface area contributed by atoms with Gasteiger partial charge in [0.15, 0.2) is 0 Å². The fourth-order valence-corrected chi connectivity index (χ4v) is 10.2. The van der Waals surface area contributed by atoms with Crippen LogP contribution in [0.4, 0.5) is 17.1 Å². The molecule has 2 N–H and O–H groups in total. The number of benzene rings is 5. The highest BCUT2D eigenvalue weighted by atomic mass is 35.5. The minimum Gasteiger partial charge on any atom is -0.355 e. The SMILES string of the molecule is CCC1(CC)c2cc(C#Cc3c4nc(cc5ccc([nH]5)c(-c5c(Cl)cccc5Cl)c5ccc(cc6nc3C=C6)[nH]5)C=C4)ccc2-c2ccc(N(c3ccccc3)c3ccccc3)cc21. The van der Waals surface area contributed by atoms with Crippen molar-refractivity contribution in [2.24, 2.45) is 0 Å². The van der Waals surface area contributed by atoms with Crippen LogP contribution < -0.4 is 4.90 Å². The molecule has 7 heteroatoms. The summed E-state index contributed by atoms with van der Waals surface area (Å²) in [4.78, 5) is 19.7. The fourth-order valence-electron chi connectivity index (χ4n) is 9.66. The van der Waals surface area contributed by atoms with Crippen LogP contribution in [0.2, 0.25) is 10.0 Å². The summed E-state index contributed by atoms with van der Waals surface area (Å²) in [6.45, 7) is 4.63. The minimum absolute atomic E-state index is 0.171. The van der Waals surface area contributed by atoms with Crippen LogP contribution in [0.1, 0.15) is 71.7 Å². The van der Waals surface area contributed by atoms with Gasteiger partial charge in [0.2, 0.25) is 0 Å². The van der Waals surface area contributed by atoms with E-state index in [1.807, 2.05) is 78.9 Å². The molecule has 0 saturated carbocycles. The summed E-state index contributed by atoms with van der Waals surface area (Å²) in [6.07, 6.45) is 10.0. The second kappa shape index (κ2) is 16.1. The Morgan fingerprint density at radius 3 is 1.62 bits per heavy atom. The van der Waals surface area contributed by atoms with Crippen LogP contribution in [0.3, 0.4) is 0 Å². The Morgan fingerprint density at radius 1 is 0.516 bits per heavy atom. The maximum Gasteiger partial charge on any atom is 0.0816 e. The Hall–Kier alpha value is -7.36. The molecule has 64 heavy (non-hydrogen) atoms. The number of fused-ring (bicyclic) bond motifs is 11. The van der Waals surface area contributed by atoms with Gasteiger partial charge in [-0.2, -0.15) is 0 Å². The summed E-state index contributed by atoms with van der Waals surface area (Å²) in [5.41, 5.74) is 18.4. The molecule has 0 spiro atoms. The third-order valence-corrected chi connectivity index (χ3v) is 13.4. The maximum absolute atomic E-state index is 6.81. The molecule has 3 aliphatic rings. The first-order valence-electron chi connectivity index (χ1n) is 21.7. The van der Waals surface area contributed by atoms with E-state index in [0.717, 1.165) is 97.0 Å². The number of anilines is 3. The molecule has 1 aliphatic carbocycles. The van der Waals surface area contributed by atoms with Crippen LogP contribution in [0.15, 0.2) is 152 Å². The van der Waals surface area contributed by atoms with E-state index in [0.29, 0.717) is 10.0 Å². The monoisotopic (exact) mass is 865 g/mol. The van der Waals surface area contributed by atoms with Crippen molar-refractivity contribution in [3.05, 3.63) is 207 Å². The van der Waals surface area contributed by atoms with Gasteiger partial charge in [-0.05, 0) is 156 Å². The molecule has 0 fully saturated rings. The normalized spacial score (nSPS) is 13.0. The van der Waals surface area contributed by atoms with E-state index < -0.39 is 0 Å². The number of rotatable bonds is 6. The predicted octanol–water partition coefficient (Wildman–Crippen LogP) is 15.6. The number of nitrogens with one attached hydrogen (secondary N) is 2. The predicted molar refractivity (Wildman–Crippen MR) is 268 cm³/mol. The molecular formula is C57H41Cl2N5. The molecule has 0 amide bonds. The average molecular weight is 867 g/mol. The van der Waals surface area contributed by atoms with Crippen molar-refractivity contribution in [3.8, 4) is 34.1 Å². The Kier molecular flexibility index (Phi) is 9.92. The number of nitrogens with zero attached hydrogens (tertiary/aromatic N) is 3. The van der Waals surface area contributed by atoms with Gasteiger partial charge in [0, 0.05) is 61.2 Å². The molecule has 308 valence electrons. The van der Waals surface area contributed by atoms with E-state index in [9.17, 15) is 0 Å². The molecule has 2 aliphatic heterocycles. The molecular weight excluding hydrogens is 826 g/mol. The summed E-state index contributed by atoms with van der Waals surface area (Å²) in [5.74, 6) is 7.14. The Balaban J connectivity index is 1.02. The minimum atomic E-state index is -0.171. The van der Waals surface area contributed by atoms with Crippen LogP contribution in [0.5, 0.6) is 0 Å². The Morgan fingerprint density at radius 2 is 1.06 bits per heavy atom. The average Bonchev–Trinajstić information content (AvgIpc) is 4.19. The van der Waals surface area contributed by atoms with Crippen molar-refractivity contribution in [3.63, 3.8) is 0 Å². The molecule has 5 heterocycles. The standard InChI is InChI=1S/C57H41Cl2N5/c1-3-57(4-2)47-32-36(18-25-44(47)45-27-24-43(35-48(45)57)64(41-12-7-5-8-13-41)42-14-9-6-10-15-42)19-26-46-51-28-20-37(60-51)33-39-22-30-53(62-39)56(55-49(58)16-11-17-50(55)59)54-31-23-40(63-54)34-38-21-29-52(46)61-38/h5-18,20-25,27-35,62-63H,3-4H2,1-2H3. The van der Waals surface area contributed by atoms with Crippen LogP contribution >= 0.6 is 23.2 Å². The molecule has 8 aromatic rings. The fraction of sp³-hybridized carbons (Fsp3) is 0.0877. The lowest BCUT2D eigenvalue weighted by Gasteiger charge is -2.31. The summed E-state index contributed by atoms with van der Waals surface area (Å²) >= 11 is 13.6. The lowest BCUT2D eigenvalue weighted by Crippen LogP contribution is -2.23. The number of H-pyrrole nitrogens is 2. The molecule has 5 nitrogen and oxygen atoms in total. The lowest BCUT2D eigenvalue weighted by molar-refractivity contribution is 0.490.